The molecule has 0 amide bonds. The largest absolute Gasteiger partial charge is 0.381 e. The molecule has 1 heterocycles. The van der Waals surface area contributed by atoms with Crippen molar-refractivity contribution in [2.75, 3.05) is 17.9 Å². The Morgan fingerprint density at radius 3 is 2.39 bits per heavy atom. The number of hydrogen-bond acceptors (Lipinski definition) is 3. The molecule has 1 aliphatic carbocycles. The molecule has 18 heavy (non-hydrogen) atoms. The van der Waals surface area contributed by atoms with Gasteiger partial charge in [0.25, 0.3) is 0 Å². The molecule has 0 spiro atoms. The van der Waals surface area contributed by atoms with Gasteiger partial charge in [-0.3, -0.25) is 4.72 Å². The normalized spacial score (nSPS) is 24.1. The number of benzene rings is 1. The van der Waals surface area contributed by atoms with Crippen molar-refractivity contribution >= 4 is 15.7 Å². The molecule has 5 heteroatoms. The SMILES string of the molecule is O=S(=O)(Nc1ccc(C2CCOC2)cc1)C1CC1. The molecule has 1 aromatic rings. The number of nitrogens with one attached hydrogen (secondary N) is 1. The van der Waals surface area contributed by atoms with E-state index in [9.17, 15) is 8.42 Å². The van der Waals surface area contributed by atoms with E-state index in [-0.39, 0.29) is 5.25 Å². The van der Waals surface area contributed by atoms with Crippen molar-refractivity contribution < 1.29 is 13.2 Å². The fourth-order valence-corrected chi connectivity index (χ4v) is 3.63. The zero-order valence-corrected chi connectivity index (χ0v) is 10.9. The second-order valence-corrected chi connectivity index (χ2v) is 6.99. The third kappa shape index (κ3) is 2.52. The summed E-state index contributed by atoms with van der Waals surface area (Å²) in [5, 5.41) is -0.180. The van der Waals surface area contributed by atoms with Gasteiger partial charge in [0.05, 0.1) is 11.9 Å². The van der Waals surface area contributed by atoms with Crippen LogP contribution >= 0.6 is 0 Å². The van der Waals surface area contributed by atoms with Gasteiger partial charge in [-0.15, -0.1) is 0 Å². The summed E-state index contributed by atoms with van der Waals surface area (Å²) in [5.41, 5.74) is 1.88. The predicted molar refractivity (Wildman–Crippen MR) is 70.2 cm³/mol. The third-order valence-corrected chi connectivity index (χ3v) is 5.40. The van der Waals surface area contributed by atoms with Crippen LogP contribution in [-0.4, -0.2) is 26.9 Å². The number of hydrogen-bond donors (Lipinski definition) is 1. The summed E-state index contributed by atoms with van der Waals surface area (Å²) in [6.07, 6.45) is 2.62. The van der Waals surface area contributed by atoms with Gasteiger partial charge in [-0.1, -0.05) is 12.1 Å². The molecule has 1 aromatic carbocycles. The molecule has 4 nitrogen and oxygen atoms in total. The Morgan fingerprint density at radius 2 is 1.83 bits per heavy atom. The van der Waals surface area contributed by atoms with Crippen LogP contribution in [0.4, 0.5) is 5.69 Å². The van der Waals surface area contributed by atoms with Crippen molar-refractivity contribution in [3.05, 3.63) is 29.8 Å². The summed E-state index contributed by atoms with van der Waals surface area (Å²) in [4.78, 5) is 0. The van der Waals surface area contributed by atoms with E-state index in [0.29, 0.717) is 11.6 Å². The maximum Gasteiger partial charge on any atom is 0.235 e. The Labute approximate surface area is 107 Å². The Morgan fingerprint density at radius 1 is 1.11 bits per heavy atom. The van der Waals surface area contributed by atoms with Gasteiger partial charge >= 0.3 is 0 Å². The van der Waals surface area contributed by atoms with Gasteiger partial charge in [0.1, 0.15) is 0 Å². The molecule has 0 bridgehead atoms. The lowest BCUT2D eigenvalue weighted by molar-refractivity contribution is 0.194. The molecule has 1 N–H and O–H groups in total. The molecule has 2 fully saturated rings. The average molecular weight is 267 g/mol. The minimum absolute atomic E-state index is 0.180. The first kappa shape index (κ1) is 12.0. The molecule has 1 saturated carbocycles. The highest BCUT2D eigenvalue weighted by Gasteiger charge is 2.35. The van der Waals surface area contributed by atoms with E-state index in [2.05, 4.69) is 4.72 Å². The Balaban J connectivity index is 1.70. The smallest absolute Gasteiger partial charge is 0.235 e. The molecule has 0 aromatic heterocycles. The van der Waals surface area contributed by atoms with Crippen molar-refractivity contribution in [1.82, 2.24) is 0 Å². The van der Waals surface area contributed by atoms with Crippen molar-refractivity contribution in [2.24, 2.45) is 0 Å². The summed E-state index contributed by atoms with van der Waals surface area (Å²) in [7, 11) is -3.15. The summed E-state index contributed by atoms with van der Waals surface area (Å²) in [6.45, 7) is 1.59. The van der Waals surface area contributed by atoms with Crippen LogP contribution in [0.25, 0.3) is 0 Å². The average Bonchev–Trinajstić information content (AvgIpc) is 3.08. The standard InChI is InChI=1S/C13H17NO3S/c15-18(16,13-5-6-13)14-12-3-1-10(2-4-12)11-7-8-17-9-11/h1-4,11,13-14H,5-9H2. The summed E-state index contributed by atoms with van der Waals surface area (Å²) < 4.78 is 31.5. The van der Waals surface area contributed by atoms with E-state index in [1.54, 1.807) is 0 Å². The van der Waals surface area contributed by atoms with Crippen LogP contribution < -0.4 is 4.72 Å². The minimum atomic E-state index is -3.15. The van der Waals surface area contributed by atoms with Crippen LogP contribution in [-0.2, 0) is 14.8 Å². The van der Waals surface area contributed by atoms with Crippen molar-refractivity contribution in [1.29, 1.82) is 0 Å². The zero-order valence-electron chi connectivity index (χ0n) is 10.1. The number of anilines is 1. The number of sulfonamides is 1. The predicted octanol–water partition coefficient (Wildman–Crippen LogP) is 2.09. The summed E-state index contributed by atoms with van der Waals surface area (Å²) in [5.74, 6) is 0.457. The van der Waals surface area contributed by atoms with Gasteiger partial charge in [0.15, 0.2) is 0 Å². The van der Waals surface area contributed by atoms with E-state index in [0.717, 1.165) is 32.5 Å². The zero-order chi connectivity index (χ0) is 12.6. The maximum absolute atomic E-state index is 11.8. The van der Waals surface area contributed by atoms with Crippen LogP contribution in [0.1, 0.15) is 30.7 Å². The van der Waals surface area contributed by atoms with Crippen LogP contribution in [0.15, 0.2) is 24.3 Å². The van der Waals surface area contributed by atoms with Gasteiger partial charge in [0, 0.05) is 18.2 Å². The topological polar surface area (TPSA) is 55.4 Å². The molecule has 1 aliphatic heterocycles. The Kier molecular flexibility index (Phi) is 3.03. The second kappa shape index (κ2) is 4.55. The summed E-state index contributed by atoms with van der Waals surface area (Å²) >= 11 is 0. The third-order valence-electron chi connectivity index (χ3n) is 3.54. The highest BCUT2D eigenvalue weighted by Crippen LogP contribution is 2.30. The molecule has 1 unspecified atom stereocenters. The molecular weight excluding hydrogens is 250 g/mol. The fraction of sp³-hybridized carbons (Fsp3) is 0.538. The molecule has 0 radical (unpaired) electrons. The molecule has 2 aliphatic rings. The van der Waals surface area contributed by atoms with Gasteiger partial charge in [-0.05, 0) is 37.0 Å². The monoisotopic (exact) mass is 267 g/mol. The maximum atomic E-state index is 11.8. The van der Waals surface area contributed by atoms with Crippen LogP contribution in [0, 0.1) is 0 Å². The van der Waals surface area contributed by atoms with E-state index in [4.69, 9.17) is 4.74 Å². The van der Waals surface area contributed by atoms with E-state index in [1.807, 2.05) is 24.3 Å². The van der Waals surface area contributed by atoms with Crippen LogP contribution in [0.2, 0.25) is 0 Å². The number of rotatable bonds is 4. The molecule has 1 atom stereocenters. The van der Waals surface area contributed by atoms with E-state index >= 15 is 0 Å². The van der Waals surface area contributed by atoms with Gasteiger partial charge in [-0.25, -0.2) is 8.42 Å². The van der Waals surface area contributed by atoms with E-state index in [1.165, 1.54) is 5.56 Å². The van der Waals surface area contributed by atoms with Crippen molar-refractivity contribution in [3.63, 3.8) is 0 Å². The Bertz CT molecular complexity index is 514. The van der Waals surface area contributed by atoms with Crippen LogP contribution in [0.5, 0.6) is 0 Å². The van der Waals surface area contributed by atoms with Crippen LogP contribution in [0.3, 0.4) is 0 Å². The molecule has 98 valence electrons. The molecular formula is C13H17NO3S. The van der Waals surface area contributed by atoms with Crippen molar-refractivity contribution in [3.8, 4) is 0 Å². The van der Waals surface area contributed by atoms with Gasteiger partial charge < -0.3 is 4.74 Å². The highest BCUT2D eigenvalue weighted by molar-refractivity contribution is 7.93. The minimum Gasteiger partial charge on any atom is -0.381 e. The quantitative estimate of drug-likeness (QED) is 0.909. The fourth-order valence-electron chi connectivity index (χ4n) is 2.25. The molecule has 3 rings (SSSR count). The lowest BCUT2D eigenvalue weighted by atomic mass is 9.98. The van der Waals surface area contributed by atoms with Gasteiger partial charge in [0.2, 0.25) is 10.0 Å². The Hall–Kier alpha value is -1.07. The van der Waals surface area contributed by atoms with Crippen molar-refractivity contribution in [2.45, 2.75) is 30.4 Å². The molecule has 1 saturated heterocycles. The first-order valence-electron chi connectivity index (χ1n) is 6.34. The number of ether oxygens (including phenoxy) is 1. The lowest BCUT2D eigenvalue weighted by Gasteiger charge is -2.10. The second-order valence-electron chi connectivity index (χ2n) is 5.03. The first-order chi connectivity index (χ1) is 8.65. The summed E-state index contributed by atoms with van der Waals surface area (Å²) in [6, 6.07) is 7.66. The lowest BCUT2D eigenvalue weighted by Crippen LogP contribution is -2.17. The highest BCUT2D eigenvalue weighted by atomic mass is 32.2. The van der Waals surface area contributed by atoms with E-state index < -0.39 is 10.0 Å². The van der Waals surface area contributed by atoms with Gasteiger partial charge in [-0.2, -0.15) is 0 Å². The first-order valence-corrected chi connectivity index (χ1v) is 7.89.